The third kappa shape index (κ3) is 15.2. The highest BCUT2D eigenvalue weighted by molar-refractivity contribution is 7.90. The molecular formula is C46H63N3O11S4. The van der Waals surface area contributed by atoms with Crippen LogP contribution >= 0.6 is 0 Å². The zero-order chi connectivity index (χ0) is 47.0. The van der Waals surface area contributed by atoms with E-state index in [1.165, 1.54) is 52.8 Å². The smallest absolute Gasteiger partial charge is 0.423 e. The number of carbonyl (C=O) groups is 1. The second kappa shape index (κ2) is 24.4. The predicted molar refractivity (Wildman–Crippen MR) is 248 cm³/mol. The lowest BCUT2D eigenvalue weighted by Gasteiger charge is -2.29. The van der Waals surface area contributed by atoms with Gasteiger partial charge in [-0.05, 0) is 95.5 Å². The summed E-state index contributed by atoms with van der Waals surface area (Å²) >= 11 is 0. The molecule has 64 heavy (non-hydrogen) atoms. The molecule has 0 aliphatic rings. The summed E-state index contributed by atoms with van der Waals surface area (Å²) in [6.45, 7) is 7.58. The summed E-state index contributed by atoms with van der Waals surface area (Å²) in [5, 5.41) is 0. The molecule has 4 aromatic carbocycles. The molecule has 0 saturated carbocycles. The second-order valence-corrected chi connectivity index (χ2v) is 23.2. The topological polar surface area (TPSA) is 182 Å². The van der Waals surface area contributed by atoms with E-state index in [0.717, 1.165) is 52.2 Å². The normalized spacial score (nSPS) is 12.5. The molecule has 4 aromatic rings. The zero-order valence-corrected chi connectivity index (χ0v) is 40.8. The van der Waals surface area contributed by atoms with Crippen LogP contribution in [-0.2, 0) is 49.1 Å². The SMILES string of the molecule is CCCCOC(=O)N(CCN(CCN(CCCCCCCCCOS(=O)(=O)c1ccc(C)cc1)S(=O)(=O)c1ccc(C)cc1)S(=O)(=O)c1ccc(C)cc1)S(=O)(=O)c1ccc(C)cc1. The molecule has 0 heterocycles. The standard InChI is InChI=1S/C46H63N3O11S4/c1-6-7-36-59-46(50)49(63(55,56)44-27-19-40(4)20-28-44)35-34-48(62(53,54)43-25-17-39(3)18-26-43)33-32-47(61(51,52)42-23-15-38(2)16-24-42)31-13-11-9-8-10-12-14-37-60-64(57,58)45-29-21-41(5)22-30-45/h15-30H,6-14,31-37H2,1-5H3. The molecule has 0 aromatic heterocycles. The van der Waals surface area contributed by atoms with Crippen LogP contribution in [-0.4, -0.2) is 98.6 Å². The van der Waals surface area contributed by atoms with Crippen LogP contribution in [0.2, 0.25) is 0 Å². The Kier molecular flexibility index (Phi) is 20.0. The first-order chi connectivity index (χ1) is 30.3. The lowest BCUT2D eigenvalue weighted by Crippen LogP contribution is -2.46. The van der Waals surface area contributed by atoms with Crippen LogP contribution in [0, 0.1) is 27.7 Å². The van der Waals surface area contributed by atoms with Crippen molar-refractivity contribution in [3.63, 3.8) is 0 Å². The molecular weight excluding hydrogens is 899 g/mol. The number of benzene rings is 4. The Bertz CT molecular complexity index is 2530. The fraction of sp³-hybridized carbons (Fsp3) is 0.457. The first-order valence-electron chi connectivity index (χ1n) is 21.6. The number of hydrogen-bond donors (Lipinski definition) is 0. The van der Waals surface area contributed by atoms with E-state index < -0.39 is 59.4 Å². The minimum atomic E-state index is -4.50. The molecule has 0 N–H and O–H groups in total. The van der Waals surface area contributed by atoms with Crippen molar-refractivity contribution in [2.75, 3.05) is 45.9 Å². The minimum absolute atomic E-state index is 0.0389. The molecule has 14 nitrogen and oxygen atoms in total. The maximum absolute atomic E-state index is 14.4. The Hall–Kier alpha value is -4.17. The lowest BCUT2D eigenvalue weighted by atomic mass is 10.1. The van der Waals surface area contributed by atoms with Crippen LogP contribution in [0.3, 0.4) is 0 Å². The van der Waals surface area contributed by atoms with Gasteiger partial charge in [0.1, 0.15) is 0 Å². The van der Waals surface area contributed by atoms with Gasteiger partial charge in [0, 0.05) is 26.2 Å². The van der Waals surface area contributed by atoms with E-state index in [9.17, 15) is 38.5 Å². The lowest BCUT2D eigenvalue weighted by molar-refractivity contribution is 0.122. The average molecular weight is 962 g/mol. The zero-order valence-electron chi connectivity index (χ0n) is 37.5. The van der Waals surface area contributed by atoms with Gasteiger partial charge in [-0.25, -0.2) is 30.0 Å². The Morgan fingerprint density at radius 3 is 1.22 bits per heavy atom. The summed E-state index contributed by atoms with van der Waals surface area (Å²) in [6.07, 6.45) is 4.93. The molecule has 4 rings (SSSR count). The number of unbranched alkanes of at least 4 members (excludes halogenated alkanes) is 7. The Morgan fingerprint density at radius 2 is 0.781 bits per heavy atom. The number of aryl methyl sites for hydroxylation is 4. The second-order valence-electron chi connectivity index (χ2n) is 15.9. The number of nitrogens with zero attached hydrogens (tertiary/aromatic N) is 3. The molecule has 0 saturated heterocycles. The Balaban J connectivity index is 1.49. The van der Waals surface area contributed by atoms with E-state index in [4.69, 9.17) is 8.92 Å². The highest BCUT2D eigenvalue weighted by Crippen LogP contribution is 2.23. The van der Waals surface area contributed by atoms with Crippen LogP contribution in [0.5, 0.6) is 0 Å². The monoisotopic (exact) mass is 961 g/mol. The van der Waals surface area contributed by atoms with E-state index in [0.29, 0.717) is 36.4 Å². The van der Waals surface area contributed by atoms with E-state index in [2.05, 4.69) is 0 Å². The van der Waals surface area contributed by atoms with Gasteiger partial charge in [0.2, 0.25) is 20.0 Å². The van der Waals surface area contributed by atoms with Crippen LogP contribution in [0.25, 0.3) is 0 Å². The Morgan fingerprint density at radius 1 is 0.422 bits per heavy atom. The number of amides is 1. The third-order valence-electron chi connectivity index (χ3n) is 10.6. The van der Waals surface area contributed by atoms with E-state index in [-0.39, 0.29) is 52.4 Å². The van der Waals surface area contributed by atoms with E-state index in [1.54, 1.807) is 62.4 Å². The van der Waals surface area contributed by atoms with Gasteiger partial charge in [-0.3, -0.25) is 4.18 Å². The molecule has 0 aliphatic carbocycles. The summed E-state index contributed by atoms with van der Waals surface area (Å²) in [5.41, 5.74) is 3.41. The number of hydrogen-bond acceptors (Lipinski definition) is 11. The molecule has 0 aliphatic heterocycles. The van der Waals surface area contributed by atoms with Crippen molar-refractivity contribution in [2.45, 2.75) is 112 Å². The van der Waals surface area contributed by atoms with E-state index >= 15 is 0 Å². The van der Waals surface area contributed by atoms with Crippen LogP contribution in [0.15, 0.2) is 117 Å². The highest BCUT2D eigenvalue weighted by Gasteiger charge is 2.34. The van der Waals surface area contributed by atoms with Crippen molar-refractivity contribution >= 4 is 46.3 Å². The van der Waals surface area contributed by atoms with Crippen molar-refractivity contribution in [1.82, 2.24) is 12.9 Å². The number of ether oxygens (including phenoxy) is 1. The van der Waals surface area contributed by atoms with Gasteiger partial charge in [-0.1, -0.05) is 116 Å². The fourth-order valence-corrected chi connectivity index (χ4v) is 11.7. The van der Waals surface area contributed by atoms with Gasteiger partial charge in [0.05, 0.1) is 39.3 Å². The molecule has 0 unspecified atom stereocenters. The fourth-order valence-electron chi connectivity index (χ4n) is 6.59. The minimum Gasteiger partial charge on any atom is -0.449 e. The van der Waals surface area contributed by atoms with Crippen molar-refractivity contribution in [3.8, 4) is 0 Å². The molecule has 18 heteroatoms. The number of carbonyl (C=O) groups excluding carboxylic acids is 1. The first-order valence-corrected chi connectivity index (χ1v) is 27.4. The number of sulfonamides is 3. The van der Waals surface area contributed by atoms with Gasteiger partial charge in [0.15, 0.2) is 0 Å². The van der Waals surface area contributed by atoms with Gasteiger partial charge in [0.25, 0.3) is 20.1 Å². The molecule has 0 radical (unpaired) electrons. The Labute approximate surface area is 381 Å². The predicted octanol–water partition coefficient (Wildman–Crippen LogP) is 8.37. The van der Waals surface area contributed by atoms with Crippen LogP contribution < -0.4 is 0 Å². The van der Waals surface area contributed by atoms with Crippen molar-refractivity contribution < 1.29 is 47.4 Å². The highest BCUT2D eigenvalue weighted by atomic mass is 32.2. The average Bonchev–Trinajstić information content (AvgIpc) is 3.25. The van der Waals surface area contributed by atoms with E-state index in [1.807, 2.05) is 20.8 Å². The largest absolute Gasteiger partial charge is 0.449 e. The van der Waals surface area contributed by atoms with Crippen LogP contribution in [0.4, 0.5) is 4.79 Å². The maximum atomic E-state index is 14.4. The molecule has 0 spiro atoms. The van der Waals surface area contributed by atoms with Gasteiger partial charge >= 0.3 is 6.09 Å². The van der Waals surface area contributed by atoms with Gasteiger partial charge in [-0.2, -0.15) is 21.3 Å². The number of rotatable bonds is 27. The quantitative estimate of drug-likeness (QED) is 0.0414. The third-order valence-corrected chi connectivity index (χ3v) is 17.5. The summed E-state index contributed by atoms with van der Waals surface area (Å²) in [4.78, 5) is 13.4. The van der Waals surface area contributed by atoms with Crippen molar-refractivity contribution in [2.24, 2.45) is 0 Å². The molecule has 0 fully saturated rings. The summed E-state index contributed by atoms with van der Waals surface area (Å²) in [5.74, 6) is 0. The van der Waals surface area contributed by atoms with Gasteiger partial charge in [-0.15, -0.1) is 0 Å². The summed E-state index contributed by atoms with van der Waals surface area (Å²) < 4.78 is 123. The molecule has 0 bridgehead atoms. The maximum Gasteiger partial charge on any atom is 0.423 e. The van der Waals surface area contributed by atoms with Crippen molar-refractivity contribution in [3.05, 3.63) is 119 Å². The molecule has 352 valence electrons. The van der Waals surface area contributed by atoms with Gasteiger partial charge < -0.3 is 4.74 Å². The summed E-state index contributed by atoms with van der Waals surface area (Å²) in [7, 11) is -16.8. The summed E-state index contributed by atoms with van der Waals surface area (Å²) in [6, 6.07) is 24.9. The molecule has 0 atom stereocenters. The van der Waals surface area contributed by atoms with Crippen molar-refractivity contribution in [1.29, 1.82) is 0 Å². The molecule has 1 amide bonds. The first kappa shape index (κ1) is 52.5. The van der Waals surface area contributed by atoms with Crippen LogP contribution in [0.1, 0.15) is 87.0 Å².